The summed E-state index contributed by atoms with van der Waals surface area (Å²) >= 11 is 5.94. The first-order valence-corrected chi connectivity index (χ1v) is 6.94. The van der Waals surface area contributed by atoms with Crippen molar-refractivity contribution in [1.82, 2.24) is 15.0 Å². The second-order valence-electron chi connectivity index (χ2n) is 4.82. The molecule has 0 amide bonds. The number of ether oxygens (including phenoxy) is 1. The third-order valence-electron chi connectivity index (χ3n) is 3.18. The number of rotatable bonds is 2. The van der Waals surface area contributed by atoms with Crippen LogP contribution in [0.2, 0.25) is 5.28 Å². The minimum atomic E-state index is 0.0967. The van der Waals surface area contributed by atoms with E-state index in [1.165, 1.54) is 0 Å². The minimum absolute atomic E-state index is 0.0967. The van der Waals surface area contributed by atoms with Gasteiger partial charge in [-0.05, 0) is 60.8 Å². The van der Waals surface area contributed by atoms with Gasteiger partial charge in [0, 0.05) is 6.20 Å². The second-order valence-corrected chi connectivity index (χ2v) is 5.16. The molecule has 3 rings (SSSR count). The molecule has 2 heterocycles. The second kappa shape index (κ2) is 5.58. The normalized spacial score (nSPS) is 10.5. The van der Waals surface area contributed by atoms with Crippen LogP contribution in [0.25, 0.3) is 11.0 Å². The molecule has 0 spiro atoms. The smallest absolute Gasteiger partial charge is 0.250 e. The van der Waals surface area contributed by atoms with Crippen molar-refractivity contribution in [2.45, 2.75) is 13.8 Å². The standard InChI is InChI=1S/C16H11ClN4O/c1-9-6-11(8-18)7-10(2)14(9)22-15-13-12(4-3-5-19-13)20-16(17)21-15/h3-7H,1-2H3. The largest absolute Gasteiger partial charge is 0.436 e. The summed E-state index contributed by atoms with van der Waals surface area (Å²) in [7, 11) is 0. The quantitative estimate of drug-likeness (QED) is 0.670. The average molecular weight is 311 g/mol. The molecule has 0 saturated carbocycles. The van der Waals surface area contributed by atoms with Crippen LogP contribution in [-0.4, -0.2) is 15.0 Å². The van der Waals surface area contributed by atoms with Gasteiger partial charge < -0.3 is 4.74 Å². The van der Waals surface area contributed by atoms with Gasteiger partial charge in [-0.25, -0.2) is 9.97 Å². The van der Waals surface area contributed by atoms with Crippen LogP contribution < -0.4 is 4.74 Å². The van der Waals surface area contributed by atoms with E-state index in [4.69, 9.17) is 21.6 Å². The Bertz CT molecular complexity index is 895. The van der Waals surface area contributed by atoms with Crippen molar-refractivity contribution >= 4 is 22.6 Å². The van der Waals surface area contributed by atoms with E-state index < -0.39 is 0 Å². The predicted molar refractivity (Wildman–Crippen MR) is 83.0 cm³/mol. The first-order chi connectivity index (χ1) is 10.6. The van der Waals surface area contributed by atoms with E-state index in [1.54, 1.807) is 30.5 Å². The number of nitriles is 1. The van der Waals surface area contributed by atoms with Crippen molar-refractivity contribution in [3.8, 4) is 17.7 Å². The molecule has 1 aromatic carbocycles. The van der Waals surface area contributed by atoms with Gasteiger partial charge in [0.1, 0.15) is 5.75 Å². The number of pyridine rings is 1. The van der Waals surface area contributed by atoms with Crippen LogP contribution in [0.4, 0.5) is 0 Å². The molecule has 0 unspecified atom stereocenters. The summed E-state index contributed by atoms with van der Waals surface area (Å²) in [6.07, 6.45) is 1.64. The number of fused-ring (bicyclic) bond motifs is 1. The number of halogens is 1. The molecule has 0 aliphatic heterocycles. The van der Waals surface area contributed by atoms with E-state index >= 15 is 0 Å². The molecule has 22 heavy (non-hydrogen) atoms. The van der Waals surface area contributed by atoms with E-state index in [0.717, 1.165) is 11.1 Å². The number of hydrogen-bond donors (Lipinski definition) is 0. The third kappa shape index (κ3) is 2.57. The molecule has 0 bridgehead atoms. The van der Waals surface area contributed by atoms with Gasteiger partial charge in [0.15, 0.2) is 5.52 Å². The van der Waals surface area contributed by atoms with Crippen LogP contribution in [0.1, 0.15) is 16.7 Å². The van der Waals surface area contributed by atoms with Crippen molar-refractivity contribution in [1.29, 1.82) is 5.26 Å². The summed E-state index contributed by atoms with van der Waals surface area (Å²) in [6, 6.07) is 9.22. The van der Waals surface area contributed by atoms with Gasteiger partial charge >= 0.3 is 0 Å². The minimum Gasteiger partial charge on any atom is -0.436 e. The Hall–Kier alpha value is -2.71. The maximum Gasteiger partial charge on any atom is 0.250 e. The first kappa shape index (κ1) is 14.2. The molecule has 0 saturated heterocycles. The third-order valence-corrected chi connectivity index (χ3v) is 3.35. The number of nitrogens with zero attached hydrogens (tertiary/aromatic N) is 4. The fraction of sp³-hybridized carbons (Fsp3) is 0.125. The first-order valence-electron chi connectivity index (χ1n) is 6.56. The Labute approximate surface area is 132 Å². The lowest BCUT2D eigenvalue weighted by Gasteiger charge is -2.12. The SMILES string of the molecule is Cc1cc(C#N)cc(C)c1Oc1nc(Cl)nc2cccnc12. The Morgan fingerprint density at radius 1 is 1.18 bits per heavy atom. The monoisotopic (exact) mass is 310 g/mol. The van der Waals surface area contributed by atoms with E-state index in [9.17, 15) is 0 Å². The summed E-state index contributed by atoms with van der Waals surface area (Å²) in [4.78, 5) is 12.5. The van der Waals surface area contributed by atoms with Crippen molar-refractivity contribution < 1.29 is 4.74 Å². The lowest BCUT2D eigenvalue weighted by Crippen LogP contribution is -1.98. The van der Waals surface area contributed by atoms with Gasteiger partial charge in [0.2, 0.25) is 5.28 Å². The number of aryl methyl sites for hydroxylation is 2. The van der Waals surface area contributed by atoms with E-state index in [1.807, 2.05) is 13.8 Å². The zero-order valence-corrected chi connectivity index (χ0v) is 12.7. The molecule has 0 aliphatic carbocycles. The summed E-state index contributed by atoms with van der Waals surface area (Å²) in [5.41, 5.74) is 3.42. The topological polar surface area (TPSA) is 71.7 Å². The summed E-state index contributed by atoms with van der Waals surface area (Å²) in [6.45, 7) is 3.75. The van der Waals surface area contributed by atoms with Gasteiger partial charge in [-0.15, -0.1) is 0 Å². The van der Waals surface area contributed by atoms with Crippen LogP contribution in [0.15, 0.2) is 30.5 Å². The maximum absolute atomic E-state index is 9.01. The number of benzene rings is 1. The maximum atomic E-state index is 9.01. The van der Waals surface area contributed by atoms with Gasteiger partial charge in [-0.1, -0.05) is 0 Å². The highest BCUT2D eigenvalue weighted by molar-refractivity contribution is 6.28. The van der Waals surface area contributed by atoms with E-state index in [-0.39, 0.29) is 5.28 Å². The Morgan fingerprint density at radius 2 is 1.91 bits per heavy atom. The molecule has 0 radical (unpaired) electrons. The van der Waals surface area contributed by atoms with Gasteiger partial charge in [-0.2, -0.15) is 10.2 Å². The molecule has 6 heteroatoms. The fourth-order valence-corrected chi connectivity index (χ4v) is 2.42. The number of hydrogen-bond acceptors (Lipinski definition) is 5. The van der Waals surface area contributed by atoms with Gasteiger partial charge in [-0.3, -0.25) is 0 Å². The predicted octanol–water partition coefficient (Wildman–Crippen LogP) is 3.96. The Balaban J connectivity index is 2.13. The van der Waals surface area contributed by atoms with Crippen LogP contribution in [-0.2, 0) is 0 Å². The molecule has 0 N–H and O–H groups in total. The molecule has 2 aromatic heterocycles. The molecular formula is C16H11ClN4O. The zero-order chi connectivity index (χ0) is 15.7. The molecule has 5 nitrogen and oxygen atoms in total. The highest BCUT2D eigenvalue weighted by atomic mass is 35.5. The molecule has 0 aliphatic rings. The van der Waals surface area contributed by atoms with Crippen molar-refractivity contribution in [2.75, 3.05) is 0 Å². The summed E-state index contributed by atoms with van der Waals surface area (Å²) in [5.74, 6) is 0.937. The van der Waals surface area contributed by atoms with Crippen LogP contribution in [0.5, 0.6) is 11.6 Å². The summed E-state index contributed by atoms with van der Waals surface area (Å²) < 4.78 is 5.93. The van der Waals surface area contributed by atoms with Crippen molar-refractivity contribution in [2.24, 2.45) is 0 Å². The van der Waals surface area contributed by atoms with Crippen LogP contribution in [0.3, 0.4) is 0 Å². The molecule has 0 atom stereocenters. The molecule has 3 aromatic rings. The van der Waals surface area contributed by atoms with E-state index in [0.29, 0.717) is 28.2 Å². The molecule has 108 valence electrons. The zero-order valence-electron chi connectivity index (χ0n) is 12.0. The molecular weight excluding hydrogens is 300 g/mol. The molecule has 0 fully saturated rings. The van der Waals surface area contributed by atoms with Crippen LogP contribution >= 0.6 is 11.6 Å². The van der Waals surface area contributed by atoms with E-state index in [2.05, 4.69) is 21.0 Å². The van der Waals surface area contributed by atoms with Crippen molar-refractivity contribution in [3.05, 3.63) is 52.4 Å². The fourth-order valence-electron chi connectivity index (χ4n) is 2.26. The lowest BCUT2D eigenvalue weighted by molar-refractivity contribution is 0.460. The summed E-state index contributed by atoms with van der Waals surface area (Å²) in [5, 5.41) is 9.10. The Kier molecular flexibility index (Phi) is 3.61. The van der Waals surface area contributed by atoms with Gasteiger partial charge in [0.05, 0.1) is 17.1 Å². The highest BCUT2D eigenvalue weighted by Crippen LogP contribution is 2.32. The highest BCUT2D eigenvalue weighted by Gasteiger charge is 2.13. The van der Waals surface area contributed by atoms with Crippen molar-refractivity contribution in [3.63, 3.8) is 0 Å². The van der Waals surface area contributed by atoms with Crippen LogP contribution in [0, 0.1) is 25.2 Å². The van der Waals surface area contributed by atoms with Gasteiger partial charge in [0.25, 0.3) is 5.88 Å². The lowest BCUT2D eigenvalue weighted by atomic mass is 10.1. The number of aromatic nitrogens is 3. The average Bonchev–Trinajstić information content (AvgIpc) is 2.50. The Morgan fingerprint density at radius 3 is 2.59 bits per heavy atom.